The van der Waals surface area contributed by atoms with Gasteiger partial charge in [-0.15, -0.1) is 0 Å². The van der Waals surface area contributed by atoms with Crippen molar-refractivity contribution < 1.29 is 4.74 Å². The van der Waals surface area contributed by atoms with Crippen LogP contribution >= 0.6 is 11.6 Å². The summed E-state index contributed by atoms with van der Waals surface area (Å²) in [6.45, 7) is 7.91. The molecule has 1 aromatic carbocycles. The van der Waals surface area contributed by atoms with E-state index in [-0.39, 0.29) is 0 Å². The minimum absolute atomic E-state index is 0.709. The van der Waals surface area contributed by atoms with Crippen molar-refractivity contribution in [1.29, 1.82) is 0 Å². The smallest absolute Gasteiger partial charge is 0.0642 e. The molecule has 0 aliphatic heterocycles. The molecule has 0 fully saturated rings. The Labute approximate surface area is 128 Å². The fraction of sp³-hybridized carbons (Fsp3) is 0.625. The third kappa shape index (κ3) is 6.12. The summed E-state index contributed by atoms with van der Waals surface area (Å²) in [5.41, 5.74) is 2.31. The van der Waals surface area contributed by atoms with Crippen LogP contribution in [0, 0.1) is 5.92 Å². The van der Waals surface area contributed by atoms with Gasteiger partial charge in [-0.05, 0) is 30.0 Å². The summed E-state index contributed by atoms with van der Waals surface area (Å²) in [5.74, 6) is 0.709. The van der Waals surface area contributed by atoms with Crippen LogP contribution in [0.25, 0.3) is 0 Å². The Balaban J connectivity index is 2.54. The second-order valence-corrected chi connectivity index (χ2v) is 5.97. The average Bonchev–Trinajstić information content (AvgIpc) is 2.41. The van der Waals surface area contributed by atoms with Crippen LogP contribution in [0.3, 0.4) is 0 Å². The van der Waals surface area contributed by atoms with Crippen molar-refractivity contribution in [2.24, 2.45) is 5.92 Å². The Bertz CT molecular complexity index is 396. The molecule has 3 nitrogen and oxygen atoms in total. The van der Waals surface area contributed by atoms with Gasteiger partial charge in [0.2, 0.25) is 0 Å². The maximum Gasteiger partial charge on any atom is 0.0642 e. The molecule has 0 saturated heterocycles. The Morgan fingerprint density at radius 1 is 1.35 bits per heavy atom. The van der Waals surface area contributed by atoms with Gasteiger partial charge in [0.1, 0.15) is 0 Å². The van der Waals surface area contributed by atoms with Crippen molar-refractivity contribution >= 4 is 17.3 Å². The highest BCUT2D eigenvalue weighted by Crippen LogP contribution is 2.26. The largest absolute Gasteiger partial charge is 0.383 e. The van der Waals surface area contributed by atoms with Gasteiger partial charge in [-0.1, -0.05) is 31.5 Å². The quantitative estimate of drug-likeness (QED) is 0.706. The fourth-order valence-electron chi connectivity index (χ4n) is 1.95. The molecular weight excluding hydrogens is 272 g/mol. The van der Waals surface area contributed by atoms with Crippen molar-refractivity contribution in [3.63, 3.8) is 0 Å². The summed E-state index contributed by atoms with van der Waals surface area (Å²) in [4.78, 5) is 2.23. The van der Waals surface area contributed by atoms with Gasteiger partial charge >= 0.3 is 0 Å². The molecule has 0 saturated carbocycles. The molecule has 1 N–H and O–H groups in total. The standard InChI is InChI=1S/C16H27ClN2O/c1-13(2)7-9-19(3)16-6-5-14(11-15(16)17)12-18-8-10-20-4/h5-6,11,13,18H,7-10,12H2,1-4H3. The summed E-state index contributed by atoms with van der Waals surface area (Å²) in [7, 11) is 3.81. The molecule has 0 bridgehead atoms. The summed E-state index contributed by atoms with van der Waals surface area (Å²) >= 11 is 6.39. The van der Waals surface area contributed by atoms with Gasteiger partial charge < -0.3 is 15.0 Å². The van der Waals surface area contributed by atoms with Gasteiger partial charge in [0.25, 0.3) is 0 Å². The first-order valence-corrected chi connectivity index (χ1v) is 7.61. The van der Waals surface area contributed by atoms with Crippen LogP contribution in [-0.2, 0) is 11.3 Å². The Kier molecular flexibility index (Phi) is 7.97. The van der Waals surface area contributed by atoms with E-state index < -0.39 is 0 Å². The maximum atomic E-state index is 6.39. The van der Waals surface area contributed by atoms with Crippen molar-refractivity contribution in [2.75, 3.05) is 38.8 Å². The highest BCUT2D eigenvalue weighted by molar-refractivity contribution is 6.33. The second kappa shape index (κ2) is 9.22. The molecule has 0 amide bonds. The van der Waals surface area contributed by atoms with Crippen LogP contribution in [0.1, 0.15) is 25.8 Å². The number of nitrogens with one attached hydrogen (secondary N) is 1. The van der Waals surface area contributed by atoms with E-state index in [4.69, 9.17) is 16.3 Å². The average molecular weight is 299 g/mol. The van der Waals surface area contributed by atoms with E-state index in [1.165, 1.54) is 12.0 Å². The van der Waals surface area contributed by atoms with Crippen molar-refractivity contribution in [3.05, 3.63) is 28.8 Å². The lowest BCUT2D eigenvalue weighted by Crippen LogP contribution is -2.21. The predicted octanol–water partition coefficient (Wildman–Crippen LogP) is 3.56. The van der Waals surface area contributed by atoms with Crippen molar-refractivity contribution in [1.82, 2.24) is 5.32 Å². The van der Waals surface area contributed by atoms with Crippen molar-refractivity contribution in [2.45, 2.75) is 26.8 Å². The van der Waals surface area contributed by atoms with Crippen molar-refractivity contribution in [3.8, 4) is 0 Å². The molecule has 114 valence electrons. The van der Waals surface area contributed by atoms with E-state index >= 15 is 0 Å². The zero-order chi connectivity index (χ0) is 15.0. The van der Waals surface area contributed by atoms with Crippen LogP contribution in [0.15, 0.2) is 18.2 Å². The summed E-state index contributed by atoms with van der Waals surface area (Å²) in [6, 6.07) is 6.28. The predicted molar refractivity (Wildman–Crippen MR) is 87.8 cm³/mol. The number of halogens is 1. The Morgan fingerprint density at radius 2 is 2.10 bits per heavy atom. The van der Waals surface area contributed by atoms with E-state index in [1.807, 2.05) is 6.07 Å². The molecule has 0 heterocycles. The van der Waals surface area contributed by atoms with Gasteiger partial charge in [0.15, 0.2) is 0 Å². The number of nitrogens with zero attached hydrogens (tertiary/aromatic N) is 1. The van der Waals surface area contributed by atoms with Crippen LogP contribution < -0.4 is 10.2 Å². The van der Waals surface area contributed by atoms with E-state index in [1.54, 1.807) is 7.11 Å². The summed E-state index contributed by atoms with van der Waals surface area (Å²) in [6.07, 6.45) is 1.17. The number of benzene rings is 1. The van der Waals surface area contributed by atoms with Gasteiger partial charge in [-0.25, -0.2) is 0 Å². The van der Waals surface area contributed by atoms with Gasteiger partial charge in [0, 0.05) is 33.8 Å². The number of hydrogen-bond donors (Lipinski definition) is 1. The first-order chi connectivity index (χ1) is 9.54. The minimum Gasteiger partial charge on any atom is -0.383 e. The SMILES string of the molecule is COCCNCc1ccc(N(C)CCC(C)C)c(Cl)c1. The van der Waals surface area contributed by atoms with E-state index in [2.05, 4.69) is 43.2 Å². The normalized spacial score (nSPS) is 11.1. The summed E-state index contributed by atoms with van der Waals surface area (Å²) < 4.78 is 5.00. The van der Waals surface area contributed by atoms with E-state index in [9.17, 15) is 0 Å². The zero-order valence-electron chi connectivity index (χ0n) is 13.1. The molecule has 0 atom stereocenters. The Morgan fingerprint density at radius 3 is 2.70 bits per heavy atom. The molecule has 1 aromatic rings. The maximum absolute atomic E-state index is 6.39. The number of rotatable bonds is 9. The van der Waals surface area contributed by atoms with Gasteiger partial charge in [0.05, 0.1) is 17.3 Å². The second-order valence-electron chi connectivity index (χ2n) is 5.56. The molecule has 0 spiro atoms. The molecular formula is C16H27ClN2O. The first kappa shape index (κ1) is 17.3. The number of anilines is 1. The molecule has 0 aromatic heterocycles. The third-order valence-electron chi connectivity index (χ3n) is 3.28. The summed E-state index contributed by atoms with van der Waals surface area (Å²) in [5, 5.41) is 4.14. The highest BCUT2D eigenvalue weighted by Gasteiger charge is 2.07. The fourth-order valence-corrected chi connectivity index (χ4v) is 2.30. The third-order valence-corrected chi connectivity index (χ3v) is 3.58. The topological polar surface area (TPSA) is 24.5 Å². The lowest BCUT2D eigenvalue weighted by atomic mass is 10.1. The lowest BCUT2D eigenvalue weighted by molar-refractivity contribution is 0.199. The molecule has 20 heavy (non-hydrogen) atoms. The van der Waals surface area contributed by atoms with Gasteiger partial charge in [-0.2, -0.15) is 0 Å². The van der Waals surface area contributed by atoms with E-state index in [0.29, 0.717) is 5.92 Å². The molecule has 1 rings (SSSR count). The van der Waals surface area contributed by atoms with Crippen LogP contribution in [0.2, 0.25) is 5.02 Å². The molecule has 4 heteroatoms. The van der Waals surface area contributed by atoms with Gasteiger partial charge in [-0.3, -0.25) is 0 Å². The molecule has 0 unspecified atom stereocenters. The van der Waals surface area contributed by atoms with Crippen LogP contribution in [0.4, 0.5) is 5.69 Å². The highest BCUT2D eigenvalue weighted by atomic mass is 35.5. The number of hydrogen-bond acceptors (Lipinski definition) is 3. The van der Waals surface area contributed by atoms with Crippen LogP contribution in [0.5, 0.6) is 0 Å². The number of ether oxygens (including phenoxy) is 1. The van der Waals surface area contributed by atoms with Crippen LogP contribution in [-0.4, -0.2) is 33.9 Å². The minimum atomic E-state index is 0.709. The van der Waals surface area contributed by atoms with E-state index in [0.717, 1.165) is 37.0 Å². The monoisotopic (exact) mass is 298 g/mol. The molecule has 0 aliphatic carbocycles. The Hall–Kier alpha value is -0.770. The first-order valence-electron chi connectivity index (χ1n) is 7.23. The number of methoxy groups -OCH3 is 1. The lowest BCUT2D eigenvalue weighted by Gasteiger charge is -2.22. The molecule has 0 radical (unpaired) electrons. The molecule has 0 aliphatic rings. The zero-order valence-corrected chi connectivity index (χ0v) is 13.8.